The first kappa shape index (κ1) is 20.3. The number of nitrogens with one attached hydrogen (secondary N) is 1. The van der Waals surface area contributed by atoms with E-state index in [4.69, 9.17) is 0 Å². The highest BCUT2D eigenvalue weighted by Crippen LogP contribution is 2.63. The maximum Gasteiger partial charge on any atom is 0.272 e. The summed E-state index contributed by atoms with van der Waals surface area (Å²) in [4.78, 5) is 14.1. The van der Waals surface area contributed by atoms with Gasteiger partial charge in [0.2, 0.25) is 0 Å². The lowest BCUT2D eigenvalue weighted by Crippen LogP contribution is -2.54. The van der Waals surface area contributed by atoms with Crippen LogP contribution in [0.3, 0.4) is 0 Å². The van der Waals surface area contributed by atoms with E-state index in [9.17, 15) is 10.1 Å². The van der Waals surface area contributed by atoms with E-state index in [2.05, 4.69) is 37.1 Å². The van der Waals surface area contributed by atoms with Gasteiger partial charge in [-0.25, -0.2) is 0 Å². The summed E-state index contributed by atoms with van der Waals surface area (Å²) in [6.07, 6.45) is 9.26. The molecular formula is C25H37N3O2. The molecule has 1 aromatic rings. The van der Waals surface area contributed by atoms with Gasteiger partial charge in [-0.1, -0.05) is 6.92 Å². The zero-order valence-electron chi connectivity index (χ0n) is 18.8. The summed E-state index contributed by atoms with van der Waals surface area (Å²) >= 11 is 0. The second-order valence-corrected chi connectivity index (χ2v) is 11.3. The molecule has 5 aliphatic rings. The zero-order valence-corrected chi connectivity index (χ0v) is 18.8. The molecule has 0 unspecified atom stereocenters. The van der Waals surface area contributed by atoms with Gasteiger partial charge in [-0.15, -0.1) is 0 Å². The molecule has 0 spiro atoms. The average molecular weight is 412 g/mol. The van der Waals surface area contributed by atoms with Crippen molar-refractivity contribution in [1.82, 2.24) is 5.32 Å². The minimum atomic E-state index is -0.172. The van der Waals surface area contributed by atoms with Crippen LogP contribution in [0.15, 0.2) is 18.2 Å². The van der Waals surface area contributed by atoms with Gasteiger partial charge in [0, 0.05) is 42.5 Å². The van der Waals surface area contributed by atoms with Crippen LogP contribution in [0, 0.1) is 39.2 Å². The van der Waals surface area contributed by atoms with Crippen LogP contribution in [0.1, 0.15) is 64.9 Å². The van der Waals surface area contributed by atoms with E-state index in [0.29, 0.717) is 29.1 Å². The van der Waals surface area contributed by atoms with Gasteiger partial charge in [-0.2, -0.15) is 0 Å². The average Bonchev–Trinajstić information content (AvgIpc) is 2.66. The molecule has 0 aromatic heterocycles. The fourth-order valence-electron chi connectivity index (χ4n) is 7.98. The molecular weight excluding hydrogens is 374 g/mol. The first-order valence-electron chi connectivity index (χ1n) is 12.1. The van der Waals surface area contributed by atoms with Crippen molar-refractivity contribution in [2.75, 3.05) is 18.0 Å². The third-order valence-corrected chi connectivity index (χ3v) is 8.84. The van der Waals surface area contributed by atoms with E-state index < -0.39 is 0 Å². The molecule has 6 rings (SSSR count). The van der Waals surface area contributed by atoms with Gasteiger partial charge in [-0.3, -0.25) is 10.1 Å². The Labute approximate surface area is 180 Å². The maximum atomic E-state index is 11.8. The van der Waals surface area contributed by atoms with Gasteiger partial charge in [0.15, 0.2) is 0 Å². The predicted octanol–water partition coefficient (Wildman–Crippen LogP) is 5.18. The lowest BCUT2D eigenvalue weighted by Gasteiger charge is -2.59. The smallest absolute Gasteiger partial charge is 0.272 e. The number of anilines is 1. The number of piperazine rings is 1. The van der Waals surface area contributed by atoms with Crippen LogP contribution in [0.4, 0.5) is 11.4 Å². The molecule has 4 aliphatic carbocycles. The first-order valence-corrected chi connectivity index (χ1v) is 12.1. The highest BCUT2D eigenvalue weighted by atomic mass is 16.6. The van der Waals surface area contributed by atoms with Crippen molar-refractivity contribution in [1.29, 1.82) is 0 Å². The van der Waals surface area contributed by atoms with Crippen LogP contribution >= 0.6 is 0 Å². The van der Waals surface area contributed by atoms with Gasteiger partial charge in [-0.05, 0) is 100 Å². The largest absolute Gasteiger partial charge is 0.368 e. The standard InChI is InChI=1S/C25H37N3O2/c1-16(25-11-19-7-20(12-25)9-21(8-19)13-25)6-22-10-23(4-5-24(22)28(29)30)27-14-17(2)26-18(3)15-27/h4-5,10,16-21,26H,6-9,11-15H2,1-3H3/t16-,17+,18+,19?,20?,21?,25?/m1/s1. The number of nitrogens with zero attached hydrogens (tertiary/aromatic N) is 2. The van der Waals surface area contributed by atoms with Crippen LogP contribution in [-0.2, 0) is 6.42 Å². The summed E-state index contributed by atoms with van der Waals surface area (Å²) in [5.74, 6) is 3.28. The van der Waals surface area contributed by atoms with Crippen LogP contribution in [0.25, 0.3) is 0 Å². The fraction of sp³-hybridized carbons (Fsp3) is 0.760. The second kappa shape index (κ2) is 7.51. The molecule has 5 fully saturated rings. The molecule has 4 saturated carbocycles. The highest BCUT2D eigenvalue weighted by Gasteiger charge is 2.53. The van der Waals surface area contributed by atoms with Gasteiger partial charge < -0.3 is 10.2 Å². The van der Waals surface area contributed by atoms with E-state index in [-0.39, 0.29) is 4.92 Å². The third kappa shape index (κ3) is 3.63. The number of benzene rings is 1. The monoisotopic (exact) mass is 411 g/mol. The highest BCUT2D eigenvalue weighted by molar-refractivity contribution is 5.56. The van der Waals surface area contributed by atoms with Crippen LogP contribution in [0.5, 0.6) is 0 Å². The Morgan fingerprint density at radius 2 is 1.67 bits per heavy atom. The second-order valence-electron chi connectivity index (χ2n) is 11.3. The molecule has 1 aliphatic heterocycles. The Balaban J connectivity index is 1.41. The minimum Gasteiger partial charge on any atom is -0.368 e. The number of hydrogen-bond donors (Lipinski definition) is 1. The molecule has 5 nitrogen and oxygen atoms in total. The van der Waals surface area contributed by atoms with Crippen molar-refractivity contribution in [3.8, 4) is 0 Å². The number of hydrogen-bond acceptors (Lipinski definition) is 4. The van der Waals surface area contributed by atoms with E-state index in [0.717, 1.165) is 48.5 Å². The van der Waals surface area contributed by atoms with Crippen LogP contribution < -0.4 is 10.2 Å². The minimum absolute atomic E-state index is 0.172. The molecule has 0 amide bonds. The lowest BCUT2D eigenvalue weighted by molar-refractivity contribution is -0.385. The molecule has 164 valence electrons. The Morgan fingerprint density at radius 3 is 2.20 bits per heavy atom. The zero-order chi connectivity index (χ0) is 21.0. The summed E-state index contributed by atoms with van der Waals surface area (Å²) < 4.78 is 0. The van der Waals surface area contributed by atoms with Crippen molar-refractivity contribution < 1.29 is 4.92 Å². The Hall–Kier alpha value is -1.62. The van der Waals surface area contributed by atoms with Gasteiger partial charge >= 0.3 is 0 Å². The summed E-state index contributed by atoms with van der Waals surface area (Å²) in [6, 6.07) is 6.72. The topological polar surface area (TPSA) is 58.4 Å². The van der Waals surface area contributed by atoms with Gasteiger partial charge in [0.05, 0.1) is 4.92 Å². The number of nitro benzene ring substituents is 1. The SMILES string of the molecule is C[C@H](Cc1cc(N2C[C@H](C)N[C@@H](C)C2)ccc1[N+](=O)[O-])C12CC3CC(CC(C3)C1)C2. The van der Waals surface area contributed by atoms with E-state index in [1.165, 1.54) is 38.5 Å². The molecule has 1 N–H and O–H groups in total. The summed E-state index contributed by atoms with van der Waals surface area (Å²) in [5, 5.41) is 15.4. The summed E-state index contributed by atoms with van der Waals surface area (Å²) in [5.41, 5.74) is 2.83. The van der Waals surface area contributed by atoms with Gasteiger partial charge in [0.1, 0.15) is 0 Å². The van der Waals surface area contributed by atoms with Crippen LogP contribution in [0.2, 0.25) is 0 Å². The molecule has 5 heteroatoms. The van der Waals surface area contributed by atoms with Crippen molar-refractivity contribution >= 4 is 11.4 Å². The van der Waals surface area contributed by atoms with E-state index >= 15 is 0 Å². The molecule has 3 atom stereocenters. The van der Waals surface area contributed by atoms with Gasteiger partial charge in [0.25, 0.3) is 5.69 Å². The summed E-state index contributed by atoms with van der Waals surface area (Å²) in [6.45, 7) is 8.71. The van der Waals surface area contributed by atoms with E-state index in [1.807, 2.05) is 6.07 Å². The Bertz CT molecular complexity index is 777. The Kier molecular flexibility index (Phi) is 5.08. The van der Waals surface area contributed by atoms with Crippen molar-refractivity contribution in [2.24, 2.45) is 29.1 Å². The predicted molar refractivity (Wildman–Crippen MR) is 121 cm³/mol. The quantitative estimate of drug-likeness (QED) is 0.536. The molecule has 1 heterocycles. The number of rotatable bonds is 5. The fourth-order valence-corrected chi connectivity index (χ4v) is 7.98. The first-order chi connectivity index (χ1) is 14.3. The van der Waals surface area contributed by atoms with E-state index in [1.54, 1.807) is 6.07 Å². The number of nitro groups is 1. The normalized spacial score (nSPS) is 38.6. The van der Waals surface area contributed by atoms with Crippen molar-refractivity contribution in [2.45, 2.75) is 77.8 Å². The molecule has 4 bridgehead atoms. The molecule has 1 saturated heterocycles. The third-order valence-electron chi connectivity index (χ3n) is 8.84. The molecule has 1 aromatic carbocycles. The maximum absolute atomic E-state index is 11.8. The lowest BCUT2D eigenvalue weighted by atomic mass is 9.46. The van der Waals surface area contributed by atoms with Crippen molar-refractivity contribution in [3.63, 3.8) is 0 Å². The molecule has 0 radical (unpaired) electrons. The molecule has 30 heavy (non-hydrogen) atoms. The van der Waals surface area contributed by atoms with Crippen molar-refractivity contribution in [3.05, 3.63) is 33.9 Å². The summed E-state index contributed by atoms with van der Waals surface area (Å²) in [7, 11) is 0. The Morgan fingerprint density at radius 1 is 1.10 bits per heavy atom. The van der Waals surface area contributed by atoms with Crippen LogP contribution in [-0.4, -0.2) is 30.1 Å².